The van der Waals surface area contributed by atoms with E-state index in [0.717, 1.165) is 0 Å². The second-order valence-electron chi connectivity index (χ2n) is 6.39. The summed E-state index contributed by atoms with van der Waals surface area (Å²) in [4.78, 5) is 15.6. The van der Waals surface area contributed by atoms with Crippen LogP contribution in [0.25, 0.3) is 0 Å². The SMILES string of the molecule is O=C(NCc1ccnc(OCC(F)(F)F)c1)C1CC2(C1)CC2(F)F. The van der Waals surface area contributed by atoms with Crippen molar-refractivity contribution in [3.63, 3.8) is 0 Å². The van der Waals surface area contributed by atoms with Crippen LogP contribution in [0.2, 0.25) is 0 Å². The molecule has 0 saturated heterocycles. The number of carbonyl (C=O) groups excluding carboxylic acids is 1. The standard InChI is InChI=1S/C15H15F5N2O2/c16-14(17)7-13(14)4-10(5-13)12(23)22-6-9-1-2-21-11(3-9)24-8-15(18,19)20/h1-3,10H,4-8H2,(H,22,23). The van der Waals surface area contributed by atoms with E-state index in [2.05, 4.69) is 15.0 Å². The highest BCUT2D eigenvalue weighted by molar-refractivity contribution is 5.80. The van der Waals surface area contributed by atoms with E-state index in [-0.39, 0.29) is 37.6 Å². The highest BCUT2D eigenvalue weighted by atomic mass is 19.4. The summed E-state index contributed by atoms with van der Waals surface area (Å²) in [6.07, 6.45) is -2.97. The van der Waals surface area contributed by atoms with E-state index in [4.69, 9.17) is 0 Å². The number of ether oxygens (including phenoxy) is 1. The van der Waals surface area contributed by atoms with Crippen LogP contribution in [-0.2, 0) is 11.3 Å². The highest BCUT2D eigenvalue weighted by Gasteiger charge is 2.76. The van der Waals surface area contributed by atoms with Crippen molar-refractivity contribution < 1.29 is 31.5 Å². The van der Waals surface area contributed by atoms with E-state index in [1.54, 1.807) is 0 Å². The van der Waals surface area contributed by atoms with Crippen LogP contribution < -0.4 is 10.1 Å². The van der Waals surface area contributed by atoms with Gasteiger partial charge in [0.25, 0.3) is 5.92 Å². The number of rotatable bonds is 5. The van der Waals surface area contributed by atoms with E-state index < -0.39 is 30.0 Å². The Kier molecular flexibility index (Phi) is 3.92. The molecule has 2 fully saturated rings. The number of hydrogen-bond donors (Lipinski definition) is 1. The summed E-state index contributed by atoms with van der Waals surface area (Å²) in [7, 11) is 0. The van der Waals surface area contributed by atoms with Gasteiger partial charge in [-0.1, -0.05) is 0 Å². The van der Waals surface area contributed by atoms with Gasteiger partial charge in [-0.2, -0.15) is 13.2 Å². The molecule has 1 N–H and O–H groups in total. The summed E-state index contributed by atoms with van der Waals surface area (Å²) in [5.41, 5.74) is -0.453. The molecular weight excluding hydrogens is 335 g/mol. The molecule has 1 heterocycles. The summed E-state index contributed by atoms with van der Waals surface area (Å²) in [6, 6.07) is 2.82. The summed E-state index contributed by atoms with van der Waals surface area (Å²) in [6.45, 7) is -1.38. The van der Waals surface area contributed by atoms with Crippen LogP contribution in [0.4, 0.5) is 22.0 Å². The maximum Gasteiger partial charge on any atom is 0.422 e. The topological polar surface area (TPSA) is 51.2 Å². The number of aromatic nitrogens is 1. The molecule has 0 bridgehead atoms. The van der Waals surface area contributed by atoms with Crippen molar-refractivity contribution in [1.29, 1.82) is 0 Å². The van der Waals surface area contributed by atoms with E-state index in [1.807, 2.05) is 0 Å². The number of amides is 1. The molecule has 1 spiro atoms. The Bertz CT molecular complexity index is 641. The Morgan fingerprint density at radius 1 is 1.38 bits per heavy atom. The third-order valence-electron chi connectivity index (χ3n) is 4.51. The molecule has 0 atom stereocenters. The average Bonchev–Trinajstić information content (AvgIpc) is 3.04. The first kappa shape index (κ1) is 16.9. The van der Waals surface area contributed by atoms with Crippen LogP contribution in [-0.4, -0.2) is 29.6 Å². The van der Waals surface area contributed by atoms with Gasteiger partial charge in [0.2, 0.25) is 11.8 Å². The molecule has 2 saturated carbocycles. The van der Waals surface area contributed by atoms with Crippen molar-refractivity contribution in [1.82, 2.24) is 10.3 Å². The van der Waals surface area contributed by atoms with Gasteiger partial charge in [-0.3, -0.25) is 4.79 Å². The lowest BCUT2D eigenvalue weighted by atomic mass is 9.71. The zero-order valence-electron chi connectivity index (χ0n) is 12.5. The second kappa shape index (κ2) is 5.56. The van der Waals surface area contributed by atoms with Crippen molar-refractivity contribution in [2.75, 3.05) is 6.61 Å². The van der Waals surface area contributed by atoms with Crippen LogP contribution in [0.1, 0.15) is 24.8 Å². The third-order valence-corrected chi connectivity index (χ3v) is 4.51. The third kappa shape index (κ3) is 3.44. The fraction of sp³-hybridized carbons (Fsp3) is 0.600. The number of pyridine rings is 1. The first-order valence-corrected chi connectivity index (χ1v) is 7.40. The number of alkyl halides is 5. The van der Waals surface area contributed by atoms with Gasteiger partial charge < -0.3 is 10.1 Å². The molecule has 1 aromatic heterocycles. The Morgan fingerprint density at radius 2 is 2.04 bits per heavy atom. The van der Waals surface area contributed by atoms with Crippen LogP contribution in [0.5, 0.6) is 5.88 Å². The van der Waals surface area contributed by atoms with Gasteiger partial charge in [0.05, 0.1) is 0 Å². The average molecular weight is 350 g/mol. The van der Waals surface area contributed by atoms with Crippen LogP contribution >= 0.6 is 0 Å². The fourth-order valence-corrected chi connectivity index (χ4v) is 3.02. The minimum atomic E-state index is -4.46. The quantitative estimate of drug-likeness (QED) is 0.831. The second-order valence-corrected chi connectivity index (χ2v) is 6.39. The summed E-state index contributed by atoms with van der Waals surface area (Å²) >= 11 is 0. The van der Waals surface area contributed by atoms with Gasteiger partial charge in [-0.15, -0.1) is 0 Å². The largest absolute Gasteiger partial charge is 0.468 e. The van der Waals surface area contributed by atoms with Gasteiger partial charge >= 0.3 is 6.18 Å². The molecule has 24 heavy (non-hydrogen) atoms. The minimum Gasteiger partial charge on any atom is -0.468 e. The van der Waals surface area contributed by atoms with E-state index in [1.165, 1.54) is 18.3 Å². The molecule has 0 unspecified atom stereocenters. The van der Waals surface area contributed by atoms with Crippen molar-refractivity contribution in [3.05, 3.63) is 23.9 Å². The number of halogens is 5. The summed E-state index contributed by atoms with van der Waals surface area (Å²) < 4.78 is 67.0. The normalized spacial score (nSPS) is 27.5. The molecule has 2 aliphatic rings. The fourth-order valence-electron chi connectivity index (χ4n) is 3.02. The van der Waals surface area contributed by atoms with E-state index in [9.17, 15) is 26.7 Å². The summed E-state index contributed by atoms with van der Waals surface area (Å²) in [5.74, 6) is -3.59. The van der Waals surface area contributed by atoms with Crippen molar-refractivity contribution in [2.24, 2.45) is 11.3 Å². The predicted molar refractivity (Wildman–Crippen MR) is 72.4 cm³/mol. The highest BCUT2D eigenvalue weighted by Crippen LogP contribution is 2.72. The predicted octanol–water partition coefficient (Wildman–Crippen LogP) is 3.07. The molecule has 132 valence electrons. The molecule has 3 rings (SSSR count). The van der Waals surface area contributed by atoms with Gasteiger partial charge in [0, 0.05) is 36.6 Å². The molecular formula is C15H15F5N2O2. The molecule has 0 radical (unpaired) electrons. The first-order chi connectivity index (χ1) is 11.1. The van der Waals surface area contributed by atoms with Crippen molar-refractivity contribution >= 4 is 5.91 Å². The van der Waals surface area contributed by atoms with Gasteiger partial charge in [-0.05, 0) is 24.5 Å². The zero-order valence-corrected chi connectivity index (χ0v) is 12.5. The van der Waals surface area contributed by atoms with Gasteiger partial charge in [-0.25, -0.2) is 13.8 Å². The van der Waals surface area contributed by atoms with Gasteiger partial charge in [0.15, 0.2) is 6.61 Å². The Labute approximate surface area is 134 Å². The molecule has 0 aromatic carbocycles. The van der Waals surface area contributed by atoms with Crippen LogP contribution in [0, 0.1) is 11.3 Å². The summed E-state index contributed by atoms with van der Waals surface area (Å²) in [5, 5.41) is 2.60. The lowest BCUT2D eigenvalue weighted by Crippen LogP contribution is -2.41. The molecule has 1 aromatic rings. The first-order valence-electron chi connectivity index (χ1n) is 7.40. The number of nitrogens with one attached hydrogen (secondary N) is 1. The lowest BCUT2D eigenvalue weighted by molar-refractivity contribution is -0.154. The lowest BCUT2D eigenvalue weighted by Gasteiger charge is -2.34. The van der Waals surface area contributed by atoms with E-state index in [0.29, 0.717) is 5.56 Å². The number of hydrogen-bond acceptors (Lipinski definition) is 3. The molecule has 0 aliphatic heterocycles. The Morgan fingerprint density at radius 3 is 2.62 bits per heavy atom. The van der Waals surface area contributed by atoms with Crippen LogP contribution in [0.15, 0.2) is 18.3 Å². The van der Waals surface area contributed by atoms with Crippen LogP contribution in [0.3, 0.4) is 0 Å². The molecule has 9 heteroatoms. The smallest absolute Gasteiger partial charge is 0.422 e. The van der Waals surface area contributed by atoms with Gasteiger partial charge in [0.1, 0.15) is 0 Å². The molecule has 2 aliphatic carbocycles. The zero-order chi connectivity index (χ0) is 17.6. The molecule has 1 amide bonds. The minimum absolute atomic E-state index is 0.0730. The molecule has 4 nitrogen and oxygen atoms in total. The van der Waals surface area contributed by atoms with Crippen molar-refractivity contribution in [2.45, 2.75) is 37.9 Å². The Balaban J connectivity index is 1.46. The monoisotopic (exact) mass is 350 g/mol. The number of carbonyl (C=O) groups is 1. The van der Waals surface area contributed by atoms with Crippen molar-refractivity contribution in [3.8, 4) is 5.88 Å². The number of nitrogens with zero attached hydrogens (tertiary/aromatic N) is 1. The Hall–Kier alpha value is -1.93. The maximum absolute atomic E-state index is 13.1. The van der Waals surface area contributed by atoms with E-state index >= 15 is 0 Å². The maximum atomic E-state index is 13.1.